The molecule has 29 heavy (non-hydrogen) atoms. The number of amides is 1. The molecule has 6 rings (SSSR count). The number of hydrogen-bond acceptors (Lipinski definition) is 5. The summed E-state index contributed by atoms with van der Waals surface area (Å²) in [6.45, 7) is 4.11. The molecule has 1 aromatic carbocycles. The Labute approximate surface area is 174 Å². The van der Waals surface area contributed by atoms with Crippen LogP contribution in [0.5, 0.6) is 0 Å². The first-order valence-electron chi connectivity index (χ1n) is 10.2. The molecular weight excluding hydrogens is 382 g/mol. The average Bonchev–Trinajstić information content (AvgIpc) is 3.36. The van der Waals surface area contributed by atoms with E-state index in [1.807, 2.05) is 28.7 Å². The molecule has 0 spiro atoms. The van der Waals surface area contributed by atoms with Crippen LogP contribution in [-0.4, -0.2) is 49.6 Å². The van der Waals surface area contributed by atoms with Gasteiger partial charge in [-0.3, -0.25) is 14.4 Å². The number of aromatic nitrogens is 3. The maximum Gasteiger partial charge on any atom is 0.227 e. The minimum absolute atomic E-state index is 0.111. The van der Waals surface area contributed by atoms with Crippen LogP contribution >= 0.6 is 11.3 Å². The minimum atomic E-state index is 0.111. The fourth-order valence-electron chi connectivity index (χ4n) is 4.62. The Kier molecular flexibility index (Phi) is 5.16. The average molecular weight is 408 g/mol. The van der Waals surface area contributed by atoms with E-state index < -0.39 is 0 Å². The second kappa shape index (κ2) is 8.08. The van der Waals surface area contributed by atoms with Crippen LogP contribution < -0.4 is 0 Å². The number of nitrogens with zero attached hydrogens (tertiary/aromatic N) is 5. The molecule has 7 heteroatoms. The van der Waals surface area contributed by atoms with Crippen LogP contribution in [0.25, 0.3) is 0 Å². The molecule has 0 saturated carbocycles. The fourth-order valence-corrected chi connectivity index (χ4v) is 5.17. The Balaban J connectivity index is 1.28. The standard InChI is InChI=1S/C22H25N5OS/c28-22-19-5-6-21(27(22)13-20-15-29-16-23-20)14-25(12-19)10-17-3-1-4-18(9-17)11-26-8-2-7-24-26/h1-4,7-9,15-16,19,21H,5-6,10-14H2/t19-,21+/m0/s1. The van der Waals surface area contributed by atoms with Crippen molar-refractivity contribution >= 4 is 17.2 Å². The van der Waals surface area contributed by atoms with Crippen LogP contribution in [0.3, 0.4) is 0 Å². The molecule has 2 aromatic heterocycles. The lowest BCUT2D eigenvalue weighted by Gasteiger charge is -2.35. The Morgan fingerprint density at radius 3 is 2.76 bits per heavy atom. The van der Waals surface area contributed by atoms with Gasteiger partial charge in [-0.1, -0.05) is 24.3 Å². The Hall–Kier alpha value is -2.51. The number of carbonyl (C=O) groups excluding carboxylic acids is 1. The van der Waals surface area contributed by atoms with Gasteiger partial charge < -0.3 is 4.90 Å². The predicted octanol–water partition coefficient (Wildman–Crippen LogP) is 3.01. The zero-order valence-electron chi connectivity index (χ0n) is 16.4. The van der Waals surface area contributed by atoms with Crippen LogP contribution in [0.2, 0.25) is 0 Å². The van der Waals surface area contributed by atoms with E-state index in [0.29, 0.717) is 12.5 Å². The molecule has 3 saturated heterocycles. The van der Waals surface area contributed by atoms with Crippen LogP contribution in [0, 0.1) is 5.92 Å². The first-order valence-corrected chi connectivity index (χ1v) is 11.1. The van der Waals surface area contributed by atoms with Crippen LogP contribution in [0.15, 0.2) is 53.6 Å². The summed E-state index contributed by atoms with van der Waals surface area (Å²) in [5, 5.41) is 6.35. The van der Waals surface area contributed by atoms with Crippen molar-refractivity contribution in [2.45, 2.75) is 38.5 Å². The van der Waals surface area contributed by atoms with Gasteiger partial charge in [0.1, 0.15) is 0 Å². The van der Waals surface area contributed by atoms with Crippen LogP contribution in [0.4, 0.5) is 0 Å². The predicted molar refractivity (Wildman–Crippen MR) is 112 cm³/mol. The quantitative estimate of drug-likeness (QED) is 0.630. The van der Waals surface area contributed by atoms with Gasteiger partial charge in [-0.15, -0.1) is 11.3 Å². The number of rotatable bonds is 6. The maximum atomic E-state index is 13.0. The van der Waals surface area contributed by atoms with Crippen molar-refractivity contribution in [2.24, 2.45) is 5.92 Å². The lowest BCUT2D eigenvalue weighted by Crippen LogP contribution is -2.47. The summed E-state index contributed by atoms with van der Waals surface area (Å²) in [6.07, 6.45) is 5.90. The first kappa shape index (κ1) is 18.5. The van der Waals surface area contributed by atoms with Crippen molar-refractivity contribution in [3.05, 3.63) is 70.4 Å². The van der Waals surface area contributed by atoms with Crippen molar-refractivity contribution in [1.29, 1.82) is 0 Å². The van der Waals surface area contributed by atoms with Gasteiger partial charge in [-0.2, -0.15) is 5.10 Å². The van der Waals surface area contributed by atoms with Gasteiger partial charge in [-0.05, 0) is 30.0 Å². The smallest absolute Gasteiger partial charge is 0.227 e. The molecule has 6 nitrogen and oxygen atoms in total. The lowest BCUT2D eigenvalue weighted by molar-refractivity contribution is -0.140. The maximum absolute atomic E-state index is 13.0. The summed E-state index contributed by atoms with van der Waals surface area (Å²) < 4.78 is 1.94. The SMILES string of the molecule is O=C1[C@H]2CC[C@H](CN(Cc3cccc(Cn4cccn4)c3)C2)N1Cc1cscn1. The van der Waals surface area contributed by atoms with E-state index in [1.54, 1.807) is 11.3 Å². The number of thiazole rings is 1. The van der Waals surface area contributed by atoms with E-state index >= 15 is 0 Å². The van der Waals surface area contributed by atoms with E-state index in [-0.39, 0.29) is 12.0 Å². The summed E-state index contributed by atoms with van der Waals surface area (Å²) >= 11 is 1.59. The molecule has 2 atom stereocenters. The second-order valence-corrected chi connectivity index (χ2v) is 8.81. The molecule has 0 aliphatic carbocycles. The molecule has 2 bridgehead atoms. The van der Waals surface area contributed by atoms with E-state index in [0.717, 1.165) is 44.7 Å². The van der Waals surface area contributed by atoms with E-state index in [1.165, 1.54) is 11.1 Å². The molecule has 150 valence electrons. The molecule has 3 aromatic rings. The number of piperidine rings is 1. The summed E-state index contributed by atoms with van der Waals surface area (Å²) in [5.74, 6) is 0.420. The zero-order chi connectivity index (χ0) is 19.6. The van der Waals surface area contributed by atoms with Gasteiger partial charge in [0, 0.05) is 43.4 Å². The fraction of sp³-hybridized carbons (Fsp3) is 0.409. The van der Waals surface area contributed by atoms with Crippen LogP contribution in [0.1, 0.15) is 29.7 Å². The third-order valence-corrected chi connectivity index (χ3v) is 6.62. The third-order valence-electron chi connectivity index (χ3n) is 5.99. The number of fused-ring (bicyclic) bond motifs is 4. The van der Waals surface area contributed by atoms with E-state index in [2.05, 4.69) is 49.5 Å². The number of benzene rings is 1. The monoisotopic (exact) mass is 407 g/mol. The molecular formula is C22H25N5OS. The van der Waals surface area contributed by atoms with Crippen molar-refractivity contribution < 1.29 is 4.79 Å². The van der Waals surface area contributed by atoms with E-state index in [4.69, 9.17) is 0 Å². The Morgan fingerprint density at radius 1 is 1.07 bits per heavy atom. The molecule has 1 amide bonds. The molecule has 5 heterocycles. The molecule has 3 aliphatic heterocycles. The molecule has 0 N–H and O–H groups in total. The van der Waals surface area contributed by atoms with Crippen LogP contribution in [-0.2, 0) is 24.4 Å². The van der Waals surface area contributed by atoms with Crippen molar-refractivity contribution in [1.82, 2.24) is 24.6 Å². The van der Waals surface area contributed by atoms with Gasteiger partial charge in [0.15, 0.2) is 0 Å². The van der Waals surface area contributed by atoms with E-state index in [9.17, 15) is 4.79 Å². The normalized spacial score (nSPS) is 22.2. The number of carbonyl (C=O) groups is 1. The largest absolute Gasteiger partial charge is 0.332 e. The lowest BCUT2D eigenvalue weighted by atomic mass is 9.94. The number of hydrogen-bond donors (Lipinski definition) is 0. The molecule has 3 aliphatic rings. The summed E-state index contributed by atoms with van der Waals surface area (Å²) in [4.78, 5) is 22.0. The Bertz CT molecular complexity index is 956. The highest BCUT2D eigenvalue weighted by molar-refractivity contribution is 7.07. The third kappa shape index (κ3) is 4.11. The van der Waals surface area contributed by atoms with Gasteiger partial charge in [0.05, 0.1) is 30.2 Å². The van der Waals surface area contributed by atoms with Gasteiger partial charge in [0.25, 0.3) is 0 Å². The van der Waals surface area contributed by atoms with Gasteiger partial charge >= 0.3 is 0 Å². The highest BCUT2D eigenvalue weighted by atomic mass is 32.1. The highest BCUT2D eigenvalue weighted by Crippen LogP contribution is 2.31. The summed E-state index contributed by atoms with van der Waals surface area (Å²) in [7, 11) is 0. The second-order valence-electron chi connectivity index (χ2n) is 8.09. The topological polar surface area (TPSA) is 54.3 Å². The van der Waals surface area contributed by atoms with Crippen molar-refractivity contribution in [3.8, 4) is 0 Å². The first-order chi connectivity index (χ1) is 14.2. The molecule has 3 fully saturated rings. The summed E-state index contributed by atoms with van der Waals surface area (Å²) in [6, 6.07) is 11.0. The molecule has 0 unspecified atom stereocenters. The van der Waals surface area contributed by atoms with Gasteiger partial charge in [-0.25, -0.2) is 4.98 Å². The zero-order valence-corrected chi connectivity index (χ0v) is 17.2. The summed E-state index contributed by atoms with van der Waals surface area (Å²) in [5.41, 5.74) is 5.41. The minimum Gasteiger partial charge on any atom is -0.332 e. The molecule has 0 radical (unpaired) electrons. The van der Waals surface area contributed by atoms with Crippen molar-refractivity contribution in [2.75, 3.05) is 13.1 Å². The highest BCUT2D eigenvalue weighted by Gasteiger charge is 2.40. The van der Waals surface area contributed by atoms with Gasteiger partial charge in [0.2, 0.25) is 5.91 Å². The van der Waals surface area contributed by atoms with Crippen molar-refractivity contribution in [3.63, 3.8) is 0 Å². The Morgan fingerprint density at radius 2 is 1.97 bits per heavy atom.